The standard InChI is InChI=1S/C15H16F2N2O2/c16-15(17,11-20)10-18-14(21)13-7-4-8-19(13)9-12-5-2-1-3-6-12/h1-8,20H,9-11H2,(H,18,21). The Morgan fingerprint density at radius 2 is 1.90 bits per heavy atom. The molecule has 0 fully saturated rings. The number of hydrogen-bond acceptors (Lipinski definition) is 2. The van der Waals surface area contributed by atoms with Crippen LogP contribution in [0, 0.1) is 0 Å². The lowest BCUT2D eigenvalue weighted by Crippen LogP contribution is -2.39. The average Bonchev–Trinajstić information content (AvgIpc) is 2.94. The first-order valence-electron chi connectivity index (χ1n) is 6.48. The number of alkyl halides is 2. The molecule has 0 aliphatic heterocycles. The molecule has 1 heterocycles. The smallest absolute Gasteiger partial charge is 0.287 e. The van der Waals surface area contributed by atoms with E-state index in [0.717, 1.165) is 5.56 Å². The SMILES string of the molecule is O=C(NCC(F)(F)CO)c1cccn1Cc1ccccc1. The van der Waals surface area contributed by atoms with E-state index in [4.69, 9.17) is 5.11 Å². The van der Waals surface area contributed by atoms with Crippen molar-refractivity contribution < 1.29 is 18.7 Å². The summed E-state index contributed by atoms with van der Waals surface area (Å²) in [5, 5.41) is 10.6. The molecule has 2 rings (SSSR count). The van der Waals surface area contributed by atoms with Gasteiger partial charge < -0.3 is 15.0 Å². The van der Waals surface area contributed by atoms with Crippen LogP contribution >= 0.6 is 0 Å². The van der Waals surface area contributed by atoms with E-state index in [1.54, 1.807) is 22.9 Å². The molecule has 2 N–H and O–H groups in total. The summed E-state index contributed by atoms with van der Waals surface area (Å²) in [4.78, 5) is 11.9. The van der Waals surface area contributed by atoms with E-state index < -0.39 is 25.0 Å². The van der Waals surface area contributed by atoms with Crippen molar-refractivity contribution in [1.82, 2.24) is 9.88 Å². The summed E-state index contributed by atoms with van der Waals surface area (Å²) in [6.45, 7) is -1.70. The number of halogens is 2. The topological polar surface area (TPSA) is 54.3 Å². The molecule has 1 aromatic heterocycles. The molecule has 0 spiro atoms. The van der Waals surface area contributed by atoms with Crippen LogP contribution in [0.25, 0.3) is 0 Å². The number of aromatic nitrogens is 1. The first kappa shape index (κ1) is 15.2. The summed E-state index contributed by atoms with van der Waals surface area (Å²) in [6.07, 6.45) is 1.71. The molecule has 2 aromatic rings. The normalized spacial score (nSPS) is 11.4. The Morgan fingerprint density at radius 3 is 2.57 bits per heavy atom. The van der Waals surface area contributed by atoms with Gasteiger partial charge in [-0.1, -0.05) is 30.3 Å². The second-order valence-electron chi connectivity index (χ2n) is 4.70. The zero-order chi connectivity index (χ0) is 15.3. The molecule has 4 nitrogen and oxygen atoms in total. The van der Waals surface area contributed by atoms with Crippen LogP contribution in [0.15, 0.2) is 48.7 Å². The molecule has 1 aromatic carbocycles. The summed E-state index contributed by atoms with van der Waals surface area (Å²) in [5.41, 5.74) is 1.30. The summed E-state index contributed by atoms with van der Waals surface area (Å²) in [5.74, 6) is -3.91. The summed E-state index contributed by atoms with van der Waals surface area (Å²) in [7, 11) is 0. The van der Waals surface area contributed by atoms with Gasteiger partial charge in [-0.2, -0.15) is 0 Å². The minimum Gasteiger partial charge on any atom is -0.390 e. The summed E-state index contributed by atoms with van der Waals surface area (Å²) < 4.78 is 27.5. The van der Waals surface area contributed by atoms with Crippen LogP contribution in [0.3, 0.4) is 0 Å². The van der Waals surface area contributed by atoms with Gasteiger partial charge in [-0.05, 0) is 17.7 Å². The van der Waals surface area contributed by atoms with Crippen LogP contribution < -0.4 is 5.32 Å². The van der Waals surface area contributed by atoms with Crippen LogP contribution in [-0.4, -0.2) is 34.7 Å². The van der Waals surface area contributed by atoms with Gasteiger partial charge in [0.1, 0.15) is 12.3 Å². The average molecular weight is 294 g/mol. The fraction of sp³-hybridized carbons (Fsp3) is 0.267. The van der Waals surface area contributed by atoms with E-state index in [9.17, 15) is 13.6 Å². The maximum absolute atomic E-state index is 12.9. The fourth-order valence-corrected chi connectivity index (χ4v) is 1.89. The molecular formula is C15H16F2N2O2. The molecule has 0 saturated heterocycles. The summed E-state index contributed by atoms with van der Waals surface area (Å²) in [6, 6.07) is 12.8. The maximum Gasteiger partial charge on any atom is 0.287 e. The van der Waals surface area contributed by atoms with Crippen molar-refractivity contribution in [3.8, 4) is 0 Å². The fourth-order valence-electron chi connectivity index (χ4n) is 1.89. The Morgan fingerprint density at radius 1 is 1.19 bits per heavy atom. The van der Waals surface area contributed by atoms with E-state index in [2.05, 4.69) is 5.32 Å². The van der Waals surface area contributed by atoms with Crippen LogP contribution in [0.1, 0.15) is 16.1 Å². The zero-order valence-electron chi connectivity index (χ0n) is 11.3. The number of rotatable bonds is 6. The van der Waals surface area contributed by atoms with Crippen LogP contribution in [0.4, 0.5) is 8.78 Å². The number of aliphatic hydroxyl groups is 1. The van der Waals surface area contributed by atoms with Crippen molar-refractivity contribution in [3.05, 3.63) is 59.9 Å². The molecule has 0 bridgehead atoms. The largest absolute Gasteiger partial charge is 0.390 e. The lowest BCUT2D eigenvalue weighted by atomic mass is 10.2. The molecule has 21 heavy (non-hydrogen) atoms. The molecule has 0 atom stereocenters. The summed E-state index contributed by atoms with van der Waals surface area (Å²) >= 11 is 0. The number of aliphatic hydroxyl groups excluding tert-OH is 1. The zero-order valence-corrected chi connectivity index (χ0v) is 11.3. The first-order valence-corrected chi connectivity index (χ1v) is 6.48. The van der Waals surface area contributed by atoms with Gasteiger partial charge in [-0.15, -0.1) is 0 Å². The Labute approximate surface area is 121 Å². The van der Waals surface area contributed by atoms with Crippen molar-refractivity contribution in [2.75, 3.05) is 13.2 Å². The second kappa shape index (κ2) is 6.49. The van der Waals surface area contributed by atoms with Crippen molar-refractivity contribution in [3.63, 3.8) is 0 Å². The lowest BCUT2D eigenvalue weighted by Gasteiger charge is -2.15. The first-order chi connectivity index (χ1) is 10.0. The van der Waals surface area contributed by atoms with Gasteiger partial charge in [-0.25, -0.2) is 8.78 Å². The van der Waals surface area contributed by atoms with E-state index in [1.165, 1.54) is 0 Å². The third-order valence-electron chi connectivity index (χ3n) is 3.00. The van der Waals surface area contributed by atoms with Gasteiger partial charge in [0.15, 0.2) is 0 Å². The van der Waals surface area contributed by atoms with Gasteiger partial charge in [0, 0.05) is 12.7 Å². The number of carbonyl (C=O) groups excluding carboxylic acids is 1. The number of benzene rings is 1. The molecule has 0 aliphatic carbocycles. The predicted molar refractivity (Wildman–Crippen MR) is 74.3 cm³/mol. The highest BCUT2D eigenvalue weighted by Crippen LogP contribution is 2.11. The second-order valence-corrected chi connectivity index (χ2v) is 4.70. The molecule has 1 amide bonds. The Balaban J connectivity index is 2.04. The third kappa shape index (κ3) is 4.13. The minimum atomic E-state index is -3.31. The molecule has 0 radical (unpaired) electrons. The van der Waals surface area contributed by atoms with E-state index in [-0.39, 0.29) is 0 Å². The molecule has 0 unspecified atom stereocenters. The Hall–Kier alpha value is -2.21. The number of amides is 1. The van der Waals surface area contributed by atoms with Crippen LogP contribution in [0.5, 0.6) is 0 Å². The number of hydrogen-bond donors (Lipinski definition) is 2. The highest BCUT2D eigenvalue weighted by atomic mass is 19.3. The third-order valence-corrected chi connectivity index (χ3v) is 3.00. The van der Waals surface area contributed by atoms with E-state index >= 15 is 0 Å². The Bertz CT molecular complexity index is 597. The van der Waals surface area contributed by atoms with E-state index in [1.807, 2.05) is 30.3 Å². The van der Waals surface area contributed by atoms with Gasteiger partial charge in [0.2, 0.25) is 0 Å². The highest BCUT2D eigenvalue weighted by molar-refractivity contribution is 5.92. The lowest BCUT2D eigenvalue weighted by molar-refractivity contribution is -0.0462. The van der Waals surface area contributed by atoms with Crippen molar-refractivity contribution in [1.29, 1.82) is 0 Å². The molecule has 6 heteroatoms. The molecule has 0 aliphatic rings. The number of carbonyl (C=O) groups is 1. The quantitative estimate of drug-likeness (QED) is 0.855. The van der Waals surface area contributed by atoms with Gasteiger partial charge >= 0.3 is 0 Å². The Kier molecular flexibility index (Phi) is 4.70. The van der Waals surface area contributed by atoms with Gasteiger partial charge in [0.05, 0.1) is 6.54 Å². The minimum absolute atomic E-state index is 0.299. The number of nitrogens with zero attached hydrogens (tertiary/aromatic N) is 1. The molecule has 0 saturated carbocycles. The van der Waals surface area contributed by atoms with Crippen molar-refractivity contribution in [2.24, 2.45) is 0 Å². The molecular weight excluding hydrogens is 278 g/mol. The van der Waals surface area contributed by atoms with Crippen LogP contribution in [-0.2, 0) is 6.54 Å². The maximum atomic E-state index is 12.9. The van der Waals surface area contributed by atoms with Gasteiger partial charge in [0.25, 0.3) is 11.8 Å². The van der Waals surface area contributed by atoms with Crippen LogP contribution in [0.2, 0.25) is 0 Å². The van der Waals surface area contributed by atoms with Crippen molar-refractivity contribution in [2.45, 2.75) is 12.5 Å². The predicted octanol–water partition coefficient (Wildman–Crippen LogP) is 1.89. The molecule has 112 valence electrons. The number of nitrogens with one attached hydrogen (secondary N) is 1. The van der Waals surface area contributed by atoms with E-state index in [0.29, 0.717) is 12.2 Å². The monoisotopic (exact) mass is 294 g/mol. The van der Waals surface area contributed by atoms with Crippen molar-refractivity contribution >= 4 is 5.91 Å². The highest BCUT2D eigenvalue weighted by Gasteiger charge is 2.28. The van der Waals surface area contributed by atoms with Gasteiger partial charge in [-0.3, -0.25) is 4.79 Å².